The Morgan fingerprint density at radius 2 is 2.15 bits per heavy atom. The second-order valence-corrected chi connectivity index (χ2v) is 3.09. The van der Waals surface area contributed by atoms with E-state index in [0.29, 0.717) is 19.4 Å². The first-order valence-electron chi connectivity index (χ1n) is 4.82. The fraction of sp³-hybridized carbons (Fsp3) is 0.889. The molecule has 4 nitrogen and oxygen atoms in total. The Morgan fingerprint density at radius 1 is 1.46 bits per heavy atom. The molecule has 0 fully saturated rings. The van der Waals surface area contributed by atoms with Gasteiger partial charge >= 0.3 is 0 Å². The van der Waals surface area contributed by atoms with Crippen molar-refractivity contribution in [3.05, 3.63) is 0 Å². The number of amides is 1. The molecule has 0 aliphatic carbocycles. The molecule has 4 heteroatoms. The fourth-order valence-electron chi connectivity index (χ4n) is 0.888. The van der Waals surface area contributed by atoms with Crippen molar-refractivity contribution < 1.29 is 9.90 Å². The summed E-state index contributed by atoms with van der Waals surface area (Å²) < 4.78 is 0. The molecule has 0 heterocycles. The quantitative estimate of drug-likeness (QED) is 0.488. The molecule has 0 spiro atoms. The Hall–Kier alpha value is -0.610. The number of rotatable bonds is 7. The van der Waals surface area contributed by atoms with Crippen molar-refractivity contribution in [1.29, 1.82) is 0 Å². The van der Waals surface area contributed by atoms with Crippen LogP contribution in [0.1, 0.15) is 26.7 Å². The van der Waals surface area contributed by atoms with Gasteiger partial charge in [-0.15, -0.1) is 0 Å². The van der Waals surface area contributed by atoms with E-state index in [0.717, 1.165) is 13.1 Å². The third-order valence-corrected chi connectivity index (χ3v) is 1.66. The lowest BCUT2D eigenvalue weighted by Crippen LogP contribution is -2.29. The first-order chi connectivity index (χ1) is 6.16. The lowest BCUT2D eigenvalue weighted by molar-refractivity contribution is -0.121. The van der Waals surface area contributed by atoms with Gasteiger partial charge in [-0.1, -0.05) is 6.92 Å². The van der Waals surface area contributed by atoms with Gasteiger partial charge in [-0.05, 0) is 19.9 Å². The van der Waals surface area contributed by atoms with Crippen molar-refractivity contribution in [3.8, 4) is 0 Å². The molecule has 1 unspecified atom stereocenters. The van der Waals surface area contributed by atoms with E-state index in [1.165, 1.54) is 0 Å². The minimum atomic E-state index is -0.339. The van der Waals surface area contributed by atoms with Gasteiger partial charge in [0.05, 0.1) is 6.10 Å². The molecule has 0 bridgehead atoms. The van der Waals surface area contributed by atoms with Crippen molar-refractivity contribution in [1.82, 2.24) is 10.6 Å². The Labute approximate surface area is 79.7 Å². The summed E-state index contributed by atoms with van der Waals surface area (Å²) in [6.07, 6.45) is 0.787. The highest BCUT2D eigenvalue weighted by atomic mass is 16.3. The molecular weight excluding hydrogens is 168 g/mol. The molecule has 0 rings (SSSR count). The average Bonchev–Trinajstić information content (AvgIpc) is 2.04. The predicted octanol–water partition coefficient (Wildman–Crippen LogP) is -0.127. The van der Waals surface area contributed by atoms with Gasteiger partial charge in [-0.25, -0.2) is 0 Å². The molecule has 78 valence electrons. The van der Waals surface area contributed by atoms with Crippen LogP contribution in [-0.2, 0) is 4.79 Å². The van der Waals surface area contributed by atoms with Crippen LogP contribution >= 0.6 is 0 Å². The van der Waals surface area contributed by atoms with Crippen LogP contribution in [0.4, 0.5) is 0 Å². The van der Waals surface area contributed by atoms with E-state index in [9.17, 15) is 4.79 Å². The summed E-state index contributed by atoms with van der Waals surface area (Å²) in [5.41, 5.74) is 0. The zero-order valence-electron chi connectivity index (χ0n) is 8.47. The monoisotopic (exact) mass is 188 g/mol. The molecule has 1 amide bonds. The summed E-state index contributed by atoms with van der Waals surface area (Å²) in [7, 11) is 0. The highest BCUT2D eigenvalue weighted by Crippen LogP contribution is 1.86. The number of hydrogen-bond donors (Lipinski definition) is 3. The molecule has 3 N–H and O–H groups in total. The molecule has 0 aliphatic heterocycles. The highest BCUT2D eigenvalue weighted by Gasteiger charge is 2.00. The average molecular weight is 188 g/mol. The normalized spacial score (nSPS) is 12.5. The van der Waals surface area contributed by atoms with Crippen LogP contribution in [0.3, 0.4) is 0 Å². The molecule has 13 heavy (non-hydrogen) atoms. The van der Waals surface area contributed by atoms with E-state index in [4.69, 9.17) is 5.11 Å². The maximum Gasteiger partial charge on any atom is 0.221 e. The number of carbonyl (C=O) groups is 1. The van der Waals surface area contributed by atoms with Crippen LogP contribution in [0.2, 0.25) is 0 Å². The van der Waals surface area contributed by atoms with Gasteiger partial charge in [-0.2, -0.15) is 0 Å². The Bertz CT molecular complexity index is 138. The van der Waals surface area contributed by atoms with Crippen LogP contribution in [-0.4, -0.2) is 36.8 Å². The second-order valence-electron chi connectivity index (χ2n) is 3.09. The van der Waals surface area contributed by atoms with E-state index in [-0.39, 0.29) is 12.0 Å². The molecule has 0 saturated carbocycles. The zero-order valence-corrected chi connectivity index (χ0v) is 8.47. The maximum absolute atomic E-state index is 11.1. The number of nitrogens with one attached hydrogen (secondary N) is 2. The van der Waals surface area contributed by atoms with E-state index >= 15 is 0 Å². The van der Waals surface area contributed by atoms with Gasteiger partial charge in [0, 0.05) is 19.5 Å². The summed E-state index contributed by atoms with van der Waals surface area (Å²) in [5.74, 6) is 0.0431. The third-order valence-electron chi connectivity index (χ3n) is 1.66. The zero-order chi connectivity index (χ0) is 10.1. The van der Waals surface area contributed by atoms with Crippen molar-refractivity contribution >= 4 is 5.91 Å². The van der Waals surface area contributed by atoms with Crippen LogP contribution < -0.4 is 10.6 Å². The van der Waals surface area contributed by atoms with Gasteiger partial charge in [0.15, 0.2) is 0 Å². The molecule has 0 saturated heterocycles. The van der Waals surface area contributed by atoms with Crippen LogP contribution in [0.25, 0.3) is 0 Å². The maximum atomic E-state index is 11.1. The summed E-state index contributed by atoms with van der Waals surface area (Å²) in [4.78, 5) is 11.1. The van der Waals surface area contributed by atoms with E-state index < -0.39 is 0 Å². The van der Waals surface area contributed by atoms with Gasteiger partial charge in [0.2, 0.25) is 5.91 Å². The van der Waals surface area contributed by atoms with Gasteiger partial charge in [-0.3, -0.25) is 4.79 Å². The van der Waals surface area contributed by atoms with Crippen LogP contribution in [0, 0.1) is 0 Å². The first-order valence-corrected chi connectivity index (χ1v) is 4.82. The van der Waals surface area contributed by atoms with E-state index in [1.807, 2.05) is 6.92 Å². The lowest BCUT2D eigenvalue weighted by atomic mass is 10.3. The Kier molecular flexibility index (Phi) is 7.63. The molecule has 0 aromatic rings. The predicted molar refractivity (Wildman–Crippen MR) is 52.5 cm³/mol. The largest absolute Gasteiger partial charge is 0.393 e. The number of carbonyl (C=O) groups excluding carboxylic acids is 1. The molecule has 0 aromatic carbocycles. The SMILES string of the molecule is CCNCCC(=O)NCCC(C)O. The van der Waals surface area contributed by atoms with Crippen molar-refractivity contribution in [2.24, 2.45) is 0 Å². The first kappa shape index (κ1) is 12.4. The summed E-state index contributed by atoms with van der Waals surface area (Å²) in [6.45, 7) is 5.89. The molecular formula is C9H20N2O2. The number of aliphatic hydroxyl groups is 1. The molecule has 0 radical (unpaired) electrons. The minimum Gasteiger partial charge on any atom is -0.393 e. The lowest BCUT2D eigenvalue weighted by Gasteiger charge is -2.06. The van der Waals surface area contributed by atoms with E-state index in [2.05, 4.69) is 10.6 Å². The number of hydrogen-bond acceptors (Lipinski definition) is 3. The topological polar surface area (TPSA) is 61.4 Å². The van der Waals surface area contributed by atoms with Crippen molar-refractivity contribution in [2.45, 2.75) is 32.8 Å². The smallest absolute Gasteiger partial charge is 0.221 e. The fourth-order valence-corrected chi connectivity index (χ4v) is 0.888. The summed E-state index contributed by atoms with van der Waals surface area (Å²) >= 11 is 0. The van der Waals surface area contributed by atoms with E-state index in [1.54, 1.807) is 6.92 Å². The minimum absolute atomic E-state index is 0.0431. The second kappa shape index (κ2) is 8.01. The standard InChI is InChI=1S/C9H20N2O2/c1-3-10-6-5-9(13)11-7-4-8(2)12/h8,10,12H,3-7H2,1-2H3,(H,11,13). The molecule has 0 aliphatic rings. The summed E-state index contributed by atoms with van der Waals surface area (Å²) in [5, 5.41) is 14.7. The Morgan fingerprint density at radius 3 is 2.69 bits per heavy atom. The van der Waals surface area contributed by atoms with Crippen LogP contribution in [0.5, 0.6) is 0 Å². The highest BCUT2D eigenvalue weighted by molar-refractivity contribution is 5.75. The van der Waals surface area contributed by atoms with Crippen molar-refractivity contribution in [2.75, 3.05) is 19.6 Å². The van der Waals surface area contributed by atoms with Gasteiger partial charge < -0.3 is 15.7 Å². The number of aliphatic hydroxyl groups excluding tert-OH is 1. The molecule has 1 atom stereocenters. The van der Waals surface area contributed by atoms with Crippen molar-refractivity contribution in [3.63, 3.8) is 0 Å². The van der Waals surface area contributed by atoms with Gasteiger partial charge in [0.25, 0.3) is 0 Å². The third kappa shape index (κ3) is 9.30. The Balaban J connectivity index is 3.20. The van der Waals surface area contributed by atoms with Gasteiger partial charge in [0.1, 0.15) is 0 Å². The molecule has 0 aromatic heterocycles. The summed E-state index contributed by atoms with van der Waals surface area (Å²) in [6, 6.07) is 0. The van der Waals surface area contributed by atoms with Crippen LogP contribution in [0.15, 0.2) is 0 Å².